The standard InChI is InChI=1S/C15H9F3N2O5/c16-15(17,18)8-2-1-3-9(4-8)25-10-5-11(20(22)23)14-12(6-10)24-7-13(21)19-14/h1-6H,7H2,(H,19,21). The van der Waals surface area contributed by atoms with E-state index in [1.54, 1.807) is 0 Å². The van der Waals surface area contributed by atoms with Gasteiger partial charge in [0.25, 0.3) is 11.6 Å². The van der Waals surface area contributed by atoms with Crippen molar-refractivity contribution in [2.45, 2.75) is 6.18 Å². The summed E-state index contributed by atoms with van der Waals surface area (Å²) in [5.41, 5.74) is -1.54. The number of amides is 1. The van der Waals surface area contributed by atoms with Crippen LogP contribution in [0.15, 0.2) is 36.4 Å². The van der Waals surface area contributed by atoms with Crippen LogP contribution >= 0.6 is 0 Å². The van der Waals surface area contributed by atoms with Gasteiger partial charge < -0.3 is 14.8 Å². The topological polar surface area (TPSA) is 90.7 Å². The Labute approximate surface area is 138 Å². The fraction of sp³-hybridized carbons (Fsp3) is 0.133. The molecule has 0 aromatic heterocycles. The second-order valence-electron chi connectivity index (χ2n) is 5.04. The van der Waals surface area contributed by atoms with Crippen LogP contribution in [-0.2, 0) is 11.0 Å². The molecule has 2 aromatic rings. The Morgan fingerprint density at radius 1 is 1.20 bits per heavy atom. The number of nitro groups is 1. The predicted molar refractivity (Wildman–Crippen MR) is 78.7 cm³/mol. The highest BCUT2D eigenvalue weighted by Crippen LogP contribution is 2.42. The summed E-state index contributed by atoms with van der Waals surface area (Å²) in [4.78, 5) is 21.7. The molecule has 1 amide bonds. The van der Waals surface area contributed by atoms with Crippen molar-refractivity contribution in [2.75, 3.05) is 11.9 Å². The highest BCUT2D eigenvalue weighted by molar-refractivity contribution is 5.98. The van der Waals surface area contributed by atoms with Gasteiger partial charge in [-0.25, -0.2) is 0 Å². The Bertz CT molecular complexity index is 867. The lowest BCUT2D eigenvalue weighted by atomic mass is 10.2. The molecule has 7 nitrogen and oxygen atoms in total. The molecule has 3 rings (SSSR count). The fourth-order valence-electron chi connectivity index (χ4n) is 2.21. The van der Waals surface area contributed by atoms with E-state index in [9.17, 15) is 28.1 Å². The SMILES string of the molecule is O=C1COc2cc(Oc3cccc(C(F)(F)F)c3)cc([N+](=O)[O-])c2N1. The third kappa shape index (κ3) is 3.47. The Morgan fingerprint density at radius 2 is 1.96 bits per heavy atom. The van der Waals surface area contributed by atoms with Crippen LogP contribution in [0.1, 0.15) is 5.56 Å². The Balaban J connectivity index is 1.98. The number of ether oxygens (including phenoxy) is 2. The zero-order valence-corrected chi connectivity index (χ0v) is 12.3. The first-order valence-electron chi connectivity index (χ1n) is 6.84. The number of hydrogen-bond acceptors (Lipinski definition) is 5. The molecule has 10 heteroatoms. The molecule has 0 bridgehead atoms. The summed E-state index contributed by atoms with van der Waals surface area (Å²) in [6, 6.07) is 6.33. The van der Waals surface area contributed by atoms with Crippen molar-refractivity contribution in [3.8, 4) is 17.2 Å². The van der Waals surface area contributed by atoms with E-state index < -0.39 is 28.3 Å². The molecular weight excluding hydrogens is 345 g/mol. The number of nitrogens with zero attached hydrogens (tertiary/aromatic N) is 1. The third-order valence-electron chi connectivity index (χ3n) is 3.27. The minimum absolute atomic E-state index is 0.00391. The van der Waals surface area contributed by atoms with Gasteiger partial charge in [-0.15, -0.1) is 0 Å². The normalized spacial score (nSPS) is 13.5. The van der Waals surface area contributed by atoms with Gasteiger partial charge in [-0.2, -0.15) is 13.2 Å². The Kier molecular flexibility index (Phi) is 3.95. The number of benzene rings is 2. The van der Waals surface area contributed by atoms with Crippen LogP contribution in [0.25, 0.3) is 0 Å². The van der Waals surface area contributed by atoms with E-state index in [-0.39, 0.29) is 29.5 Å². The summed E-state index contributed by atoms with van der Waals surface area (Å²) in [7, 11) is 0. The quantitative estimate of drug-likeness (QED) is 0.670. The van der Waals surface area contributed by atoms with Crippen molar-refractivity contribution in [1.29, 1.82) is 0 Å². The smallest absolute Gasteiger partial charge is 0.416 e. The number of anilines is 1. The maximum absolute atomic E-state index is 12.7. The summed E-state index contributed by atoms with van der Waals surface area (Å²) >= 11 is 0. The maximum atomic E-state index is 12.7. The number of hydrogen-bond donors (Lipinski definition) is 1. The minimum atomic E-state index is -4.55. The molecule has 0 spiro atoms. The minimum Gasteiger partial charge on any atom is -0.481 e. The van der Waals surface area contributed by atoms with Crippen molar-refractivity contribution in [3.63, 3.8) is 0 Å². The number of alkyl halides is 3. The van der Waals surface area contributed by atoms with Gasteiger partial charge in [0.15, 0.2) is 18.0 Å². The van der Waals surface area contributed by atoms with Gasteiger partial charge in [0.2, 0.25) is 0 Å². The molecule has 1 aliphatic heterocycles. The zero-order chi connectivity index (χ0) is 18.2. The predicted octanol–water partition coefficient (Wildman–Crippen LogP) is 3.74. The summed E-state index contributed by atoms with van der Waals surface area (Å²) in [5, 5.41) is 13.5. The first kappa shape index (κ1) is 16.6. The molecule has 0 radical (unpaired) electrons. The molecule has 2 aromatic carbocycles. The van der Waals surface area contributed by atoms with E-state index in [2.05, 4.69) is 5.32 Å². The molecule has 0 unspecified atom stereocenters. The van der Waals surface area contributed by atoms with Crippen molar-refractivity contribution in [2.24, 2.45) is 0 Å². The van der Waals surface area contributed by atoms with E-state index in [1.807, 2.05) is 0 Å². The number of carbonyl (C=O) groups is 1. The number of halogens is 3. The molecule has 1 aliphatic rings. The third-order valence-corrected chi connectivity index (χ3v) is 3.27. The van der Waals surface area contributed by atoms with Crippen LogP contribution < -0.4 is 14.8 Å². The van der Waals surface area contributed by atoms with Gasteiger partial charge in [0.05, 0.1) is 16.6 Å². The number of carbonyl (C=O) groups excluding carboxylic acids is 1. The van der Waals surface area contributed by atoms with Crippen LogP contribution in [0.5, 0.6) is 17.2 Å². The Morgan fingerprint density at radius 3 is 2.64 bits per heavy atom. The van der Waals surface area contributed by atoms with E-state index in [4.69, 9.17) is 9.47 Å². The highest BCUT2D eigenvalue weighted by Gasteiger charge is 2.31. The van der Waals surface area contributed by atoms with Gasteiger partial charge in [0.1, 0.15) is 11.5 Å². The molecule has 0 saturated heterocycles. The number of rotatable bonds is 3. The molecule has 0 saturated carbocycles. The summed E-state index contributed by atoms with van der Waals surface area (Å²) in [6.07, 6.45) is -4.55. The lowest BCUT2D eigenvalue weighted by Gasteiger charge is -2.18. The van der Waals surface area contributed by atoms with Crippen LogP contribution in [0.4, 0.5) is 24.5 Å². The summed E-state index contributed by atoms with van der Waals surface area (Å²) < 4.78 is 48.6. The fourth-order valence-corrected chi connectivity index (χ4v) is 2.21. The van der Waals surface area contributed by atoms with E-state index in [0.717, 1.165) is 24.3 Å². The van der Waals surface area contributed by atoms with Crippen molar-refractivity contribution < 1.29 is 32.4 Å². The molecule has 1 heterocycles. The monoisotopic (exact) mass is 354 g/mol. The van der Waals surface area contributed by atoms with E-state index >= 15 is 0 Å². The highest BCUT2D eigenvalue weighted by atomic mass is 19.4. The number of fused-ring (bicyclic) bond motifs is 1. The average Bonchev–Trinajstić information content (AvgIpc) is 2.54. The lowest BCUT2D eigenvalue weighted by Crippen LogP contribution is -2.26. The molecule has 1 N–H and O–H groups in total. The number of nitro benzene ring substituents is 1. The van der Waals surface area contributed by atoms with Crippen LogP contribution in [0.2, 0.25) is 0 Å². The first-order chi connectivity index (χ1) is 11.7. The van der Waals surface area contributed by atoms with Gasteiger partial charge in [-0.3, -0.25) is 14.9 Å². The molecule has 0 aliphatic carbocycles. The largest absolute Gasteiger partial charge is 0.481 e. The number of nitrogens with one attached hydrogen (secondary N) is 1. The van der Waals surface area contributed by atoms with Gasteiger partial charge >= 0.3 is 6.18 Å². The molecule has 0 atom stereocenters. The molecular formula is C15H9F3N2O5. The van der Waals surface area contributed by atoms with E-state index in [0.29, 0.717) is 0 Å². The van der Waals surface area contributed by atoms with Crippen LogP contribution in [-0.4, -0.2) is 17.4 Å². The Hall–Kier alpha value is -3.30. The van der Waals surface area contributed by atoms with Crippen LogP contribution in [0.3, 0.4) is 0 Å². The second-order valence-corrected chi connectivity index (χ2v) is 5.04. The van der Waals surface area contributed by atoms with Crippen molar-refractivity contribution >= 4 is 17.3 Å². The molecule has 130 valence electrons. The van der Waals surface area contributed by atoms with Crippen molar-refractivity contribution in [3.05, 3.63) is 52.1 Å². The van der Waals surface area contributed by atoms with Gasteiger partial charge in [-0.1, -0.05) is 6.07 Å². The second kappa shape index (κ2) is 5.96. The molecule has 25 heavy (non-hydrogen) atoms. The van der Waals surface area contributed by atoms with Gasteiger partial charge in [0, 0.05) is 6.07 Å². The van der Waals surface area contributed by atoms with E-state index in [1.165, 1.54) is 12.1 Å². The average molecular weight is 354 g/mol. The maximum Gasteiger partial charge on any atom is 0.416 e. The van der Waals surface area contributed by atoms with Gasteiger partial charge in [-0.05, 0) is 18.2 Å². The van der Waals surface area contributed by atoms with Crippen molar-refractivity contribution in [1.82, 2.24) is 0 Å². The van der Waals surface area contributed by atoms with Crippen LogP contribution in [0, 0.1) is 10.1 Å². The molecule has 0 fully saturated rings. The first-order valence-corrected chi connectivity index (χ1v) is 6.84. The lowest BCUT2D eigenvalue weighted by molar-refractivity contribution is -0.384. The zero-order valence-electron chi connectivity index (χ0n) is 12.3. The summed E-state index contributed by atoms with van der Waals surface area (Å²) in [6.45, 7) is -0.336. The summed E-state index contributed by atoms with van der Waals surface area (Å²) in [5.74, 6) is -0.803.